The summed E-state index contributed by atoms with van der Waals surface area (Å²) in [6.07, 6.45) is -0.466. The van der Waals surface area contributed by atoms with Crippen LogP contribution in [0.4, 0.5) is 4.79 Å². The summed E-state index contributed by atoms with van der Waals surface area (Å²) in [5.74, 6) is -1.48. The summed E-state index contributed by atoms with van der Waals surface area (Å²) in [7, 11) is 0. The molecule has 0 aromatic heterocycles. The number of nitrogens with zero attached hydrogens (tertiary/aromatic N) is 1. The lowest BCUT2D eigenvalue weighted by molar-refractivity contribution is -0.126. The summed E-state index contributed by atoms with van der Waals surface area (Å²) in [5.41, 5.74) is 4.65. The minimum atomic E-state index is -0.466. The number of hydrogen-bond acceptors (Lipinski definition) is 4. The molecule has 1 N–H and O–H groups in total. The van der Waals surface area contributed by atoms with E-state index in [2.05, 4.69) is 29.6 Å². The van der Waals surface area contributed by atoms with Crippen molar-refractivity contribution in [3.8, 4) is 11.1 Å². The molecule has 5 rings (SSSR count). The lowest BCUT2D eigenvalue weighted by Gasteiger charge is -2.19. The lowest BCUT2D eigenvalue weighted by Crippen LogP contribution is -2.36. The second-order valence-electron chi connectivity index (χ2n) is 7.28. The van der Waals surface area contributed by atoms with E-state index in [0.717, 1.165) is 11.1 Å². The Morgan fingerprint density at radius 1 is 0.926 bits per heavy atom. The number of likely N-dealkylation sites (tertiary alicyclic amines) is 1. The summed E-state index contributed by atoms with van der Waals surface area (Å²) >= 11 is 0. The maximum absolute atomic E-state index is 12.5. The van der Waals surface area contributed by atoms with Gasteiger partial charge in [0.15, 0.2) is 0 Å². The first-order valence-electron chi connectivity index (χ1n) is 9.08. The van der Waals surface area contributed by atoms with Gasteiger partial charge in [0.25, 0.3) is 0 Å². The first-order chi connectivity index (χ1) is 13.1. The molecule has 136 valence electrons. The number of imide groups is 1. The second-order valence-corrected chi connectivity index (χ2v) is 7.28. The molecule has 2 atom stereocenters. The topological polar surface area (TPSA) is 75.7 Å². The van der Waals surface area contributed by atoms with Crippen LogP contribution in [-0.4, -0.2) is 42.5 Å². The highest BCUT2D eigenvalue weighted by Gasteiger charge is 2.49. The van der Waals surface area contributed by atoms with E-state index in [1.54, 1.807) is 0 Å². The highest BCUT2D eigenvalue weighted by molar-refractivity contribution is 6.06. The third kappa shape index (κ3) is 2.44. The van der Waals surface area contributed by atoms with E-state index in [1.807, 2.05) is 24.3 Å². The van der Waals surface area contributed by atoms with Crippen LogP contribution in [0.3, 0.4) is 0 Å². The zero-order valence-corrected chi connectivity index (χ0v) is 14.6. The maximum atomic E-state index is 12.5. The van der Waals surface area contributed by atoms with E-state index in [4.69, 9.17) is 4.74 Å². The number of benzene rings is 2. The monoisotopic (exact) mass is 362 g/mol. The number of carbonyl (C=O) groups is 3. The Balaban J connectivity index is 1.32. The molecule has 1 aliphatic carbocycles. The zero-order chi connectivity index (χ0) is 18.5. The van der Waals surface area contributed by atoms with Crippen LogP contribution in [0.2, 0.25) is 0 Å². The molecule has 0 radical (unpaired) electrons. The predicted octanol–water partition coefficient (Wildman–Crippen LogP) is 2.14. The molecular formula is C21H18N2O4. The average Bonchev–Trinajstić information content (AvgIpc) is 3.33. The second kappa shape index (κ2) is 5.94. The predicted molar refractivity (Wildman–Crippen MR) is 96.8 cm³/mol. The van der Waals surface area contributed by atoms with E-state index in [0.29, 0.717) is 0 Å². The molecule has 6 nitrogen and oxygen atoms in total. The van der Waals surface area contributed by atoms with Crippen molar-refractivity contribution < 1.29 is 19.1 Å². The molecule has 2 unspecified atom stereocenters. The van der Waals surface area contributed by atoms with Gasteiger partial charge in [0.2, 0.25) is 11.8 Å². The van der Waals surface area contributed by atoms with Crippen molar-refractivity contribution in [2.45, 2.75) is 5.92 Å². The van der Waals surface area contributed by atoms with E-state index < -0.39 is 17.9 Å². The van der Waals surface area contributed by atoms with Crippen molar-refractivity contribution in [2.75, 3.05) is 19.7 Å². The molecule has 3 amide bonds. The van der Waals surface area contributed by atoms with Gasteiger partial charge in [-0.1, -0.05) is 48.5 Å². The Bertz CT molecular complexity index is 903. The van der Waals surface area contributed by atoms with Gasteiger partial charge in [-0.15, -0.1) is 0 Å². The first kappa shape index (κ1) is 16.1. The van der Waals surface area contributed by atoms with Gasteiger partial charge in [-0.2, -0.15) is 0 Å². The molecule has 2 saturated heterocycles. The van der Waals surface area contributed by atoms with Crippen molar-refractivity contribution >= 4 is 17.9 Å². The zero-order valence-electron chi connectivity index (χ0n) is 14.6. The minimum Gasteiger partial charge on any atom is -0.448 e. The van der Waals surface area contributed by atoms with Gasteiger partial charge in [-0.3, -0.25) is 14.9 Å². The van der Waals surface area contributed by atoms with Gasteiger partial charge in [0.05, 0.1) is 11.8 Å². The molecular weight excluding hydrogens is 344 g/mol. The SMILES string of the molecule is O=C1NC(=O)C2CN(C(=O)OCC3c4ccccc4-c4ccccc43)CC12. The molecule has 2 heterocycles. The van der Waals surface area contributed by atoms with Crippen molar-refractivity contribution in [3.05, 3.63) is 59.7 Å². The number of rotatable bonds is 2. The number of fused-ring (bicyclic) bond motifs is 4. The molecule has 2 aromatic carbocycles. The highest BCUT2D eigenvalue weighted by atomic mass is 16.6. The van der Waals surface area contributed by atoms with Crippen LogP contribution in [0.15, 0.2) is 48.5 Å². The Morgan fingerprint density at radius 3 is 2.00 bits per heavy atom. The van der Waals surface area contributed by atoms with Crippen LogP contribution in [0.25, 0.3) is 11.1 Å². The smallest absolute Gasteiger partial charge is 0.409 e. The third-order valence-corrected chi connectivity index (χ3v) is 5.83. The number of ether oxygens (including phenoxy) is 1. The van der Waals surface area contributed by atoms with Crippen molar-refractivity contribution in [2.24, 2.45) is 11.8 Å². The van der Waals surface area contributed by atoms with Gasteiger partial charge >= 0.3 is 6.09 Å². The Kier molecular flexibility index (Phi) is 3.53. The minimum absolute atomic E-state index is 0.00613. The highest BCUT2D eigenvalue weighted by Crippen LogP contribution is 2.44. The average molecular weight is 362 g/mol. The Morgan fingerprint density at radius 2 is 1.44 bits per heavy atom. The summed E-state index contributed by atoms with van der Waals surface area (Å²) in [4.78, 5) is 37.5. The quantitative estimate of drug-likeness (QED) is 0.831. The summed E-state index contributed by atoms with van der Waals surface area (Å²) in [5, 5.41) is 2.32. The molecule has 3 aliphatic rings. The van der Waals surface area contributed by atoms with Gasteiger partial charge in [0.1, 0.15) is 6.61 Å². The van der Waals surface area contributed by atoms with E-state index >= 15 is 0 Å². The van der Waals surface area contributed by atoms with Crippen LogP contribution in [0.5, 0.6) is 0 Å². The normalized spacial score (nSPS) is 23.0. The molecule has 2 aromatic rings. The fourth-order valence-corrected chi connectivity index (χ4v) is 4.48. The number of carbonyl (C=O) groups excluding carboxylic acids is 3. The van der Waals surface area contributed by atoms with Crippen molar-refractivity contribution in [1.82, 2.24) is 10.2 Å². The first-order valence-corrected chi connectivity index (χ1v) is 9.08. The summed E-state index contributed by atoms with van der Waals surface area (Å²) < 4.78 is 5.60. The summed E-state index contributed by atoms with van der Waals surface area (Å²) in [6.45, 7) is 0.705. The number of nitrogens with one attached hydrogen (secondary N) is 1. The fourth-order valence-electron chi connectivity index (χ4n) is 4.48. The largest absolute Gasteiger partial charge is 0.448 e. The van der Waals surface area contributed by atoms with E-state index in [1.165, 1.54) is 16.0 Å². The molecule has 0 bridgehead atoms. The number of hydrogen-bond donors (Lipinski definition) is 1. The van der Waals surface area contributed by atoms with Crippen LogP contribution in [0.1, 0.15) is 17.0 Å². The molecule has 6 heteroatoms. The van der Waals surface area contributed by atoms with Crippen LogP contribution >= 0.6 is 0 Å². The van der Waals surface area contributed by atoms with E-state index in [-0.39, 0.29) is 37.4 Å². The van der Waals surface area contributed by atoms with Gasteiger partial charge < -0.3 is 9.64 Å². The van der Waals surface area contributed by atoms with Crippen LogP contribution in [0, 0.1) is 11.8 Å². The molecule has 0 spiro atoms. The van der Waals surface area contributed by atoms with Crippen LogP contribution in [-0.2, 0) is 14.3 Å². The van der Waals surface area contributed by atoms with Crippen molar-refractivity contribution in [1.29, 1.82) is 0 Å². The lowest BCUT2D eigenvalue weighted by atomic mass is 9.98. The van der Waals surface area contributed by atoms with Gasteiger partial charge in [0, 0.05) is 19.0 Å². The van der Waals surface area contributed by atoms with Crippen molar-refractivity contribution in [3.63, 3.8) is 0 Å². The van der Waals surface area contributed by atoms with Gasteiger partial charge in [-0.25, -0.2) is 4.79 Å². The molecule has 0 saturated carbocycles. The number of amides is 3. The Hall–Kier alpha value is -3.15. The summed E-state index contributed by atoms with van der Waals surface area (Å²) in [6, 6.07) is 16.3. The molecule has 27 heavy (non-hydrogen) atoms. The molecule has 2 aliphatic heterocycles. The van der Waals surface area contributed by atoms with E-state index in [9.17, 15) is 14.4 Å². The van der Waals surface area contributed by atoms with Crippen LogP contribution < -0.4 is 5.32 Å². The Labute approximate surface area is 156 Å². The maximum Gasteiger partial charge on any atom is 0.409 e. The molecule has 2 fully saturated rings. The third-order valence-electron chi connectivity index (χ3n) is 5.83. The fraction of sp³-hybridized carbons (Fsp3) is 0.286. The standard InChI is InChI=1S/C21H18N2O4/c24-19-16-9-23(10-17(16)20(25)22-19)21(26)27-11-18-14-7-3-1-5-12(14)13-6-2-4-8-15(13)18/h1-8,16-18H,9-11H2,(H,22,24,25). The van der Waals surface area contributed by atoms with Gasteiger partial charge in [-0.05, 0) is 22.3 Å².